The molecular weight excluding hydrogens is 266 g/mol. The number of carbonyl (C=O) groups excluding carboxylic acids is 1. The van der Waals surface area contributed by atoms with E-state index in [0.717, 1.165) is 24.5 Å². The van der Waals surface area contributed by atoms with Crippen LogP contribution < -0.4 is 5.32 Å². The lowest BCUT2D eigenvalue weighted by atomic mass is 10.1. The summed E-state index contributed by atoms with van der Waals surface area (Å²) in [7, 11) is 3.42. The quantitative estimate of drug-likeness (QED) is 0.800. The van der Waals surface area contributed by atoms with Gasteiger partial charge in [0, 0.05) is 38.5 Å². The molecule has 0 spiro atoms. The van der Waals surface area contributed by atoms with Gasteiger partial charge in [-0.15, -0.1) is 0 Å². The Morgan fingerprint density at radius 2 is 2.14 bits per heavy atom. The first kappa shape index (κ1) is 17.4. The fraction of sp³-hybridized carbons (Fsp3) is 0.625. The predicted octanol–water partition coefficient (Wildman–Crippen LogP) is 2.75. The Morgan fingerprint density at radius 1 is 1.43 bits per heavy atom. The summed E-state index contributed by atoms with van der Waals surface area (Å²) in [5.41, 5.74) is 1.60. The second kappa shape index (κ2) is 8.62. The average Bonchev–Trinajstić information content (AvgIpc) is 2.49. The van der Waals surface area contributed by atoms with Gasteiger partial charge in [-0.3, -0.25) is 4.79 Å². The highest BCUT2D eigenvalue weighted by Gasteiger charge is 2.15. The van der Waals surface area contributed by atoms with Crippen LogP contribution in [0.4, 0.5) is 5.82 Å². The van der Waals surface area contributed by atoms with E-state index in [9.17, 15) is 4.79 Å². The van der Waals surface area contributed by atoms with Gasteiger partial charge in [0.05, 0.1) is 6.61 Å². The molecule has 0 saturated heterocycles. The van der Waals surface area contributed by atoms with Gasteiger partial charge in [-0.05, 0) is 24.5 Å². The minimum absolute atomic E-state index is 0.00380. The molecule has 21 heavy (non-hydrogen) atoms. The second-order valence-corrected chi connectivity index (χ2v) is 5.47. The number of hydrogen-bond donors (Lipinski definition) is 1. The Kier molecular flexibility index (Phi) is 7.15. The van der Waals surface area contributed by atoms with Gasteiger partial charge in [0.25, 0.3) is 5.91 Å². The van der Waals surface area contributed by atoms with Crippen molar-refractivity contribution in [2.45, 2.75) is 33.1 Å². The van der Waals surface area contributed by atoms with Gasteiger partial charge in [-0.2, -0.15) is 0 Å². The van der Waals surface area contributed by atoms with Gasteiger partial charge in [-0.1, -0.05) is 20.8 Å². The summed E-state index contributed by atoms with van der Waals surface area (Å²) in [6, 6.07) is 3.71. The maximum absolute atomic E-state index is 12.5. The first-order chi connectivity index (χ1) is 9.99. The van der Waals surface area contributed by atoms with Crippen LogP contribution >= 0.6 is 0 Å². The van der Waals surface area contributed by atoms with Crippen molar-refractivity contribution in [2.24, 2.45) is 0 Å². The van der Waals surface area contributed by atoms with Gasteiger partial charge >= 0.3 is 0 Å². The zero-order valence-electron chi connectivity index (χ0n) is 13.8. The van der Waals surface area contributed by atoms with Gasteiger partial charge in [0.15, 0.2) is 0 Å². The lowest BCUT2D eigenvalue weighted by Gasteiger charge is -2.18. The van der Waals surface area contributed by atoms with Crippen LogP contribution in [-0.2, 0) is 4.74 Å². The molecule has 0 aromatic carbocycles. The Morgan fingerprint density at radius 3 is 2.71 bits per heavy atom. The number of aromatic nitrogens is 1. The zero-order valence-corrected chi connectivity index (χ0v) is 13.8. The fourth-order valence-electron chi connectivity index (χ4n) is 1.86. The summed E-state index contributed by atoms with van der Waals surface area (Å²) in [6.45, 7) is 8.22. The van der Waals surface area contributed by atoms with Crippen molar-refractivity contribution in [1.29, 1.82) is 0 Å². The van der Waals surface area contributed by atoms with Gasteiger partial charge < -0.3 is 15.0 Å². The normalized spacial score (nSPS) is 10.8. The van der Waals surface area contributed by atoms with Crippen molar-refractivity contribution in [2.75, 3.05) is 39.2 Å². The summed E-state index contributed by atoms with van der Waals surface area (Å²) in [4.78, 5) is 18.7. The number of nitrogens with one attached hydrogen (secondary N) is 1. The van der Waals surface area contributed by atoms with Crippen LogP contribution in [0.2, 0.25) is 0 Å². The molecule has 0 aliphatic carbocycles. The minimum atomic E-state index is -0.00380. The number of carbonyl (C=O) groups is 1. The molecule has 0 atom stereocenters. The van der Waals surface area contributed by atoms with E-state index in [1.54, 1.807) is 19.1 Å². The molecular formula is C16H27N3O2. The number of hydrogen-bond acceptors (Lipinski definition) is 4. The maximum Gasteiger partial charge on any atom is 0.253 e. The van der Waals surface area contributed by atoms with Crippen LogP contribution in [0.25, 0.3) is 0 Å². The number of rotatable bonds is 8. The molecule has 0 unspecified atom stereocenters. The fourth-order valence-corrected chi connectivity index (χ4v) is 1.86. The lowest BCUT2D eigenvalue weighted by molar-refractivity contribution is 0.0744. The molecule has 5 heteroatoms. The van der Waals surface area contributed by atoms with E-state index in [4.69, 9.17) is 4.74 Å². The molecule has 1 amide bonds. The number of ether oxygens (including phenoxy) is 1. The molecule has 0 radical (unpaired) electrons. The van der Waals surface area contributed by atoms with Crippen LogP contribution in [0, 0.1) is 0 Å². The predicted molar refractivity (Wildman–Crippen MR) is 85.9 cm³/mol. The molecule has 5 nitrogen and oxygen atoms in total. The lowest BCUT2D eigenvalue weighted by Crippen LogP contribution is -2.30. The third-order valence-corrected chi connectivity index (χ3v) is 3.22. The van der Waals surface area contributed by atoms with Crippen molar-refractivity contribution >= 4 is 11.7 Å². The smallest absolute Gasteiger partial charge is 0.253 e. The molecule has 118 valence electrons. The molecule has 1 N–H and O–H groups in total. The van der Waals surface area contributed by atoms with Gasteiger partial charge in [0.2, 0.25) is 0 Å². The van der Waals surface area contributed by atoms with Crippen molar-refractivity contribution in [3.8, 4) is 0 Å². The Hall–Kier alpha value is -1.62. The van der Waals surface area contributed by atoms with Crippen molar-refractivity contribution in [3.05, 3.63) is 23.4 Å². The Balaban J connectivity index is 2.98. The van der Waals surface area contributed by atoms with Crippen molar-refractivity contribution < 1.29 is 9.53 Å². The third-order valence-electron chi connectivity index (χ3n) is 3.22. The van der Waals surface area contributed by atoms with E-state index < -0.39 is 0 Å². The standard InChI is InChI=1S/C16H27N3O2/c1-6-7-17-15-11-13(10-14(18-15)12(2)3)16(20)19(4)8-9-21-5/h10-12H,6-9H2,1-5H3,(H,17,18). The highest BCUT2D eigenvalue weighted by atomic mass is 16.5. The molecule has 0 fully saturated rings. The number of likely N-dealkylation sites (N-methyl/N-ethyl adjacent to an activating group) is 1. The molecule has 0 bridgehead atoms. The van der Waals surface area contributed by atoms with Gasteiger partial charge in [-0.25, -0.2) is 4.98 Å². The van der Waals surface area contributed by atoms with Crippen LogP contribution in [0.15, 0.2) is 12.1 Å². The maximum atomic E-state index is 12.5. The number of anilines is 1. The molecule has 1 rings (SSSR count). The molecule has 0 saturated carbocycles. The average molecular weight is 293 g/mol. The second-order valence-electron chi connectivity index (χ2n) is 5.47. The minimum Gasteiger partial charge on any atom is -0.383 e. The molecule has 1 aromatic heterocycles. The Bertz CT molecular complexity index is 461. The van der Waals surface area contributed by atoms with E-state index >= 15 is 0 Å². The topological polar surface area (TPSA) is 54.5 Å². The summed E-state index contributed by atoms with van der Waals surface area (Å²) < 4.78 is 5.02. The molecule has 0 aliphatic heterocycles. The first-order valence-corrected chi connectivity index (χ1v) is 7.49. The van der Waals surface area contributed by atoms with E-state index in [2.05, 4.69) is 31.1 Å². The van der Waals surface area contributed by atoms with E-state index in [1.165, 1.54) is 0 Å². The number of nitrogens with zero attached hydrogens (tertiary/aromatic N) is 2. The number of amides is 1. The third kappa shape index (κ3) is 5.34. The summed E-state index contributed by atoms with van der Waals surface area (Å²) in [5.74, 6) is 1.05. The highest BCUT2D eigenvalue weighted by molar-refractivity contribution is 5.94. The van der Waals surface area contributed by atoms with Crippen LogP contribution in [0.3, 0.4) is 0 Å². The SMILES string of the molecule is CCCNc1cc(C(=O)N(C)CCOC)cc(C(C)C)n1. The van der Waals surface area contributed by atoms with E-state index in [1.807, 2.05) is 12.1 Å². The number of methoxy groups -OCH3 is 1. The van der Waals surface area contributed by atoms with E-state index in [-0.39, 0.29) is 11.8 Å². The monoisotopic (exact) mass is 293 g/mol. The van der Waals surface area contributed by atoms with Crippen molar-refractivity contribution in [1.82, 2.24) is 9.88 Å². The van der Waals surface area contributed by atoms with Crippen LogP contribution in [0.5, 0.6) is 0 Å². The summed E-state index contributed by atoms with van der Waals surface area (Å²) in [6.07, 6.45) is 1.02. The molecule has 1 heterocycles. The summed E-state index contributed by atoms with van der Waals surface area (Å²) in [5, 5.41) is 3.26. The van der Waals surface area contributed by atoms with Gasteiger partial charge in [0.1, 0.15) is 5.82 Å². The Labute approximate surface area is 127 Å². The zero-order chi connectivity index (χ0) is 15.8. The summed E-state index contributed by atoms with van der Waals surface area (Å²) >= 11 is 0. The molecule has 0 aliphatic rings. The number of pyridine rings is 1. The largest absolute Gasteiger partial charge is 0.383 e. The highest BCUT2D eigenvalue weighted by Crippen LogP contribution is 2.18. The van der Waals surface area contributed by atoms with Crippen LogP contribution in [-0.4, -0.2) is 49.6 Å². The first-order valence-electron chi connectivity index (χ1n) is 7.49. The van der Waals surface area contributed by atoms with Crippen molar-refractivity contribution in [3.63, 3.8) is 0 Å². The van der Waals surface area contributed by atoms with Crippen LogP contribution in [0.1, 0.15) is 49.2 Å². The molecule has 1 aromatic rings. The van der Waals surface area contributed by atoms with E-state index in [0.29, 0.717) is 18.7 Å².